The lowest BCUT2D eigenvalue weighted by Crippen LogP contribution is -2.42. The van der Waals surface area contributed by atoms with E-state index >= 15 is 0 Å². The highest BCUT2D eigenvalue weighted by Gasteiger charge is 2.34. The zero-order valence-electron chi connectivity index (χ0n) is 22.1. The number of halogens is 1. The first kappa shape index (κ1) is 26.4. The third-order valence-electron chi connectivity index (χ3n) is 6.99. The highest BCUT2D eigenvalue weighted by atomic mass is 35.5. The normalized spacial score (nSPS) is 14.6. The van der Waals surface area contributed by atoms with Gasteiger partial charge in [-0.2, -0.15) is 0 Å². The quantitative estimate of drug-likeness (QED) is 0.277. The van der Waals surface area contributed by atoms with E-state index in [9.17, 15) is 9.59 Å². The molecule has 0 aliphatic carbocycles. The number of hydrogen-bond donors (Lipinski definition) is 0. The van der Waals surface area contributed by atoms with Crippen molar-refractivity contribution in [2.24, 2.45) is 0 Å². The van der Waals surface area contributed by atoms with Gasteiger partial charge in [-0.3, -0.25) is 4.79 Å². The number of methoxy groups -OCH3 is 3. The Balaban J connectivity index is 1.54. The highest BCUT2D eigenvalue weighted by Crippen LogP contribution is 2.40. The monoisotopic (exact) mass is 549 g/mol. The van der Waals surface area contributed by atoms with Crippen LogP contribution in [0.1, 0.15) is 33.1 Å². The molecule has 0 unspecified atom stereocenters. The Bertz CT molecular complexity index is 1610. The second-order valence-corrected chi connectivity index (χ2v) is 9.67. The Morgan fingerprint density at radius 3 is 2.46 bits per heavy atom. The van der Waals surface area contributed by atoms with E-state index in [0.29, 0.717) is 52.1 Å². The minimum atomic E-state index is -0.468. The van der Waals surface area contributed by atoms with Crippen LogP contribution in [0.5, 0.6) is 23.0 Å². The van der Waals surface area contributed by atoms with Gasteiger partial charge in [0.15, 0.2) is 11.5 Å². The first-order chi connectivity index (χ1) is 18.8. The molecule has 1 aliphatic heterocycles. The molecule has 9 heteroatoms. The Kier molecular flexibility index (Phi) is 7.39. The van der Waals surface area contributed by atoms with Crippen molar-refractivity contribution in [3.8, 4) is 23.0 Å². The Hall–Kier alpha value is -4.17. The molecule has 39 heavy (non-hydrogen) atoms. The van der Waals surface area contributed by atoms with Gasteiger partial charge in [0.2, 0.25) is 0 Å². The molecule has 0 saturated carbocycles. The van der Waals surface area contributed by atoms with Crippen molar-refractivity contribution in [2.45, 2.75) is 19.4 Å². The number of fused-ring (bicyclic) bond motifs is 2. The van der Waals surface area contributed by atoms with Crippen molar-refractivity contribution in [1.82, 2.24) is 4.90 Å². The van der Waals surface area contributed by atoms with Gasteiger partial charge >= 0.3 is 5.63 Å². The van der Waals surface area contributed by atoms with Crippen LogP contribution in [0, 0.1) is 6.92 Å². The van der Waals surface area contributed by atoms with Gasteiger partial charge in [0.1, 0.15) is 23.7 Å². The second kappa shape index (κ2) is 10.9. The smallest absolute Gasteiger partial charge is 0.336 e. The molecule has 1 aromatic heterocycles. The van der Waals surface area contributed by atoms with Gasteiger partial charge in [-0.05, 0) is 72.5 Å². The summed E-state index contributed by atoms with van der Waals surface area (Å²) in [7, 11) is 4.68. The predicted octanol–water partition coefficient (Wildman–Crippen LogP) is 5.60. The molecule has 0 spiro atoms. The summed E-state index contributed by atoms with van der Waals surface area (Å²) in [6.07, 6.45) is 0.612. The third-order valence-corrected chi connectivity index (χ3v) is 7.22. The molecule has 4 aromatic rings. The number of carbonyl (C=O) groups is 1. The van der Waals surface area contributed by atoms with Crippen LogP contribution in [-0.4, -0.2) is 45.3 Å². The third kappa shape index (κ3) is 5.12. The van der Waals surface area contributed by atoms with Crippen LogP contribution in [0.3, 0.4) is 0 Å². The van der Waals surface area contributed by atoms with E-state index in [0.717, 1.165) is 22.1 Å². The van der Waals surface area contributed by atoms with Gasteiger partial charge in [-0.25, -0.2) is 4.79 Å². The molecule has 0 saturated heterocycles. The van der Waals surface area contributed by atoms with Crippen LogP contribution in [0.4, 0.5) is 0 Å². The molecule has 1 aliphatic rings. The minimum absolute atomic E-state index is 0.138. The fourth-order valence-corrected chi connectivity index (χ4v) is 5.20. The summed E-state index contributed by atoms with van der Waals surface area (Å²) in [5, 5.41) is 1.26. The first-order valence-electron chi connectivity index (χ1n) is 12.4. The molecule has 1 atom stereocenters. The number of benzene rings is 3. The van der Waals surface area contributed by atoms with E-state index in [1.165, 1.54) is 13.2 Å². The summed E-state index contributed by atoms with van der Waals surface area (Å²) in [4.78, 5) is 27.6. The minimum Gasteiger partial charge on any atom is -0.496 e. The largest absolute Gasteiger partial charge is 0.496 e. The Labute approximate surface area is 230 Å². The molecule has 3 aromatic carbocycles. The Morgan fingerprint density at radius 1 is 0.974 bits per heavy atom. The number of hydrogen-bond acceptors (Lipinski definition) is 7. The number of nitrogens with zero attached hydrogens (tertiary/aromatic N) is 1. The maximum Gasteiger partial charge on any atom is 0.336 e. The van der Waals surface area contributed by atoms with Gasteiger partial charge in [0, 0.05) is 29.1 Å². The van der Waals surface area contributed by atoms with Gasteiger partial charge in [-0.1, -0.05) is 11.6 Å². The van der Waals surface area contributed by atoms with Crippen molar-refractivity contribution in [1.29, 1.82) is 0 Å². The second-order valence-electron chi connectivity index (χ2n) is 9.23. The number of aryl methyl sites for hydroxylation is 1. The average molecular weight is 550 g/mol. The van der Waals surface area contributed by atoms with E-state index in [4.69, 9.17) is 35.0 Å². The molecular formula is C30H28ClNO7. The van der Waals surface area contributed by atoms with Gasteiger partial charge in [0.25, 0.3) is 5.91 Å². The summed E-state index contributed by atoms with van der Waals surface area (Å²) < 4.78 is 28.2. The number of carbonyl (C=O) groups excluding carboxylic acids is 1. The number of rotatable bonds is 7. The average Bonchev–Trinajstić information content (AvgIpc) is 2.94. The van der Waals surface area contributed by atoms with Crippen LogP contribution < -0.4 is 24.6 Å². The predicted molar refractivity (Wildman–Crippen MR) is 148 cm³/mol. The summed E-state index contributed by atoms with van der Waals surface area (Å²) in [5.74, 6) is 1.88. The van der Waals surface area contributed by atoms with E-state index in [2.05, 4.69) is 0 Å². The molecular weight excluding hydrogens is 522 g/mol. The molecule has 8 nitrogen and oxygen atoms in total. The summed E-state index contributed by atoms with van der Waals surface area (Å²) in [6, 6.07) is 15.1. The van der Waals surface area contributed by atoms with Crippen molar-refractivity contribution in [3.05, 3.63) is 92.3 Å². The molecule has 2 heterocycles. The summed E-state index contributed by atoms with van der Waals surface area (Å²) in [5.41, 5.74) is 3.11. The standard InChI is InChI=1S/C30H28ClNO7/c1-17-11-29(33)39-26-14-20(6-7-21(17)26)38-16-24-22-15-28(37-4)27(36-3)12-18(22)9-10-32(24)30(34)23-13-19(31)5-8-25(23)35-2/h5-8,11-15,24H,9-10,16H2,1-4H3/t24-/m0/s1. The number of amides is 1. The molecule has 0 fully saturated rings. The maximum absolute atomic E-state index is 13.9. The van der Waals surface area contributed by atoms with E-state index in [1.54, 1.807) is 43.4 Å². The van der Waals surface area contributed by atoms with Crippen molar-refractivity contribution in [3.63, 3.8) is 0 Å². The van der Waals surface area contributed by atoms with Gasteiger partial charge in [-0.15, -0.1) is 0 Å². The zero-order valence-corrected chi connectivity index (χ0v) is 22.8. The van der Waals surface area contributed by atoms with E-state index in [-0.39, 0.29) is 12.5 Å². The van der Waals surface area contributed by atoms with Crippen LogP contribution in [0.2, 0.25) is 5.02 Å². The molecule has 0 bridgehead atoms. The molecule has 0 radical (unpaired) electrons. The van der Waals surface area contributed by atoms with Crippen LogP contribution >= 0.6 is 11.6 Å². The van der Waals surface area contributed by atoms with Crippen molar-refractivity contribution in [2.75, 3.05) is 34.5 Å². The van der Waals surface area contributed by atoms with E-state index < -0.39 is 11.7 Å². The van der Waals surface area contributed by atoms with Gasteiger partial charge < -0.3 is 28.3 Å². The van der Waals surface area contributed by atoms with Crippen molar-refractivity contribution >= 4 is 28.5 Å². The lowest BCUT2D eigenvalue weighted by atomic mass is 9.91. The van der Waals surface area contributed by atoms with Crippen LogP contribution in [0.15, 0.2) is 63.8 Å². The topological polar surface area (TPSA) is 87.4 Å². The maximum atomic E-state index is 13.9. The lowest BCUT2D eigenvalue weighted by Gasteiger charge is -2.38. The van der Waals surface area contributed by atoms with E-state index in [1.807, 2.05) is 31.2 Å². The van der Waals surface area contributed by atoms with Gasteiger partial charge in [0.05, 0.1) is 32.9 Å². The summed E-state index contributed by atoms with van der Waals surface area (Å²) >= 11 is 6.25. The van der Waals surface area contributed by atoms with Crippen molar-refractivity contribution < 1.29 is 28.2 Å². The van der Waals surface area contributed by atoms with Crippen LogP contribution in [-0.2, 0) is 6.42 Å². The highest BCUT2D eigenvalue weighted by molar-refractivity contribution is 6.31. The number of ether oxygens (including phenoxy) is 4. The fourth-order valence-electron chi connectivity index (χ4n) is 5.02. The molecule has 202 valence electrons. The first-order valence-corrected chi connectivity index (χ1v) is 12.8. The molecule has 5 rings (SSSR count). The zero-order chi connectivity index (χ0) is 27.7. The lowest BCUT2D eigenvalue weighted by molar-refractivity contribution is 0.0586. The Morgan fingerprint density at radius 2 is 1.72 bits per heavy atom. The SMILES string of the molecule is COc1cc2c(cc1OC)[C@H](COc1ccc3c(C)cc(=O)oc3c1)N(C(=O)c1cc(Cl)ccc1OC)CC2. The van der Waals surface area contributed by atoms with Crippen LogP contribution in [0.25, 0.3) is 11.0 Å². The molecule has 0 N–H and O–H groups in total. The fraction of sp³-hybridized carbons (Fsp3) is 0.267. The summed E-state index contributed by atoms with van der Waals surface area (Å²) in [6.45, 7) is 2.43. The molecule has 1 amide bonds.